The molecule has 0 radical (unpaired) electrons. The predicted octanol–water partition coefficient (Wildman–Crippen LogP) is 0.810. The zero-order valence-corrected chi connectivity index (χ0v) is 6.97. The van der Waals surface area contributed by atoms with E-state index in [0.717, 1.165) is 6.20 Å². The van der Waals surface area contributed by atoms with Crippen LogP contribution in [0.5, 0.6) is 5.75 Å². The largest absolute Gasteiger partial charge is 0.494 e. The van der Waals surface area contributed by atoms with E-state index in [9.17, 15) is 8.60 Å². The molecule has 0 aliphatic carbocycles. The minimum Gasteiger partial charge on any atom is -0.494 e. The molecule has 0 bridgehead atoms. The molecule has 1 aromatic rings. The third-order valence-corrected chi connectivity index (χ3v) is 1.96. The summed E-state index contributed by atoms with van der Waals surface area (Å²) in [7, 11) is 1.27. The monoisotopic (exact) mass is 191 g/mol. The standard InChI is InChI=1S/C6H6FNO3S/c1-11-5-3-8-2-4(7)6(5)12(9)10/h2-3H,1H3,(H,9,10). The molecular weight excluding hydrogens is 185 g/mol. The van der Waals surface area contributed by atoms with Crippen molar-refractivity contribution < 1.29 is 17.9 Å². The number of hydrogen-bond acceptors (Lipinski definition) is 3. The Morgan fingerprint density at radius 1 is 1.67 bits per heavy atom. The number of aromatic nitrogens is 1. The predicted molar refractivity (Wildman–Crippen MR) is 39.8 cm³/mol. The molecule has 0 aromatic carbocycles. The normalized spacial score (nSPS) is 12.6. The van der Waals surface area contributed by atoms with Crippen LogP contribution in [0.3, 0.4) is 0 Å². The lowest BCUT2D eigenvalue weighted by Crippen LogP contribution is -1.99. The van der Waals surface area contributed by atoms with Gasteiger partial charge in [-0.1, -0.05) is 0 Å². The second-order valence-electron chi connectivity index (χ2n) is 1.90. The van der Waals surface area contributed by atoms with Crippen molar-refractivity contribution >= 4 is 11.1 Å². The molecular formula is C6H6FNO3S. The number of rotatable bonds is 2. The molecule has 1 rings (SSSR count). The Kier molecular flexibility index (Phi) is 2.72. The molecule has 12 heavy (non-hydrogen) atoms. The van der Waals surface area contributed by atoms with Gasteiger partial charge in [0, 0.05) is 0 Å². The second kappa shape index (κ2) is 3.59. The first kappa shape index (κ1) is 9.08. The first-order valence-electron chi connectivity index (χ1n) is 2.95. The number of ether oxygens (including phenoxy) is 1. The highest BCUT2D eigenvalue weighted by atomic mass is 32.2. The van der Waals surface area contributed by atoms with Gasteiger partial charge in [-0.3, -0.25) is 4.98 Å². The Bertz CT molecular complexity index is 318. The fraction of sp³-hybridized carbons (Fsp3) is 0.167. The Labute approximate surface area is 70.7 Å². The van der Waals surface area contributed by atoms with E-state index >= 15 is 0 Å². The minimum atomic E-state index is -2.39. The van der Waals surface area contributed by atoms with Gasteiger partial charge in [-0.05, 0) is 0 Å². The molecule has 1 heterocycles. The van der Waals surface area contributed by atoms with Crippen molar-refractivity contribution in [3.8, 4) is 5.75 Å². The van der Waals surface area contributed by atoms with Gasteiger partial charge < -0.3 is 9.29 Å². The third kappa shape index (κ3) is 1.59. The van der Waals surface area contributed by atoms with E-state index in [1.54, 1.807) is 0 Å². The lowest BCUT2D eigenvalue weighted by molar-refractivity contribution is 0.390. The van der Waals surface area contributed by atoms with E-state index in [1.165, 1.54) is 13.3 Å². The van der Waals surface area contributed by atoms with Crippen LogP contribution in [0.2, 0.25) is 0 Å². The quantitative estimate of drug-likeness (QED) is 0.703. The molecule has 6 heteroatoms. The average molecular weight is 191 g/mol. The van der Waals surface area contributed by atoms with E-state index < -0.39 is 16.9 Å². The van der Waals surface area contributed by atoms with E-state index in [0.29, 0.717) is 0 Å². The SMILES string of the molecule is COc1cncc(F)c1S(=O)O. The molecule has 0 spiro atoms. The number of nitrogens with zero attached hydrogens (tertiary/aromatic N) is 1. The molecule has 0 saturated heterocycles. The molecule has 0 amide bonds. The Morgan fingerprint density at radius 3 is 2.75 bits per heavy atom. The summed E-state index contributed by atoms with van der Waals surface area (Å²) in [5.74, 6) is -0.883. The van der Waals surface area contributed by atoms with Crippen molar-refractivity contribution in [1.29, 1.82) is 0 Å². The van der Waals surface area contributed by atoms with Gasteiger partial charge in [0.2, 0.25) is 0 Å². The van der Waals surface area contributed by atoms with Crippen molar-refractivity contribution in [2.75, 3.05) is 7.11 Å². The number of pyridine rings is 1. The van der Waals surface area contributed by atoms with Crippen molar-refractivity contribution in [3.05, 3.63) is 18.2 Å². The van der Waals surface area contributed by atoms with Crippen LogP contribution in [-0.2, 0) is 11.1 Å². The van der Waals surface area contributed by atoms with Gasteiger partial charge in [0.1, 0.15) is 4.90 Å². The number of hydrogen-bond donors (Lipinski definition) is 1. The summed E-state index contributed by atoms with van der Waals surface area (Å²) < 4.78 is 36.6. The summed E-state index contributed by atoms with van der Waals surface area (Å²) in [4.78, 5) is 3.07. The highest BCUT2D eigenvalue weighted by molar-refractivity contribution is 7.79. The first-order valence-corrected chi connectivity index (χ1v) is 4.06. The van der Waals surface area contributed by atoms with Crippen molar-refractivity contribution in [1.82, 2.24) is 4.98 Å². The van der Waals surface area contributed by atoms with Gasteiger partial charge in [0.25, 0.3) is 0 Å². The summed E-state index contributed by atoms with van der Waals surface area (Å²) in [6, 6.07) is 0. The van der Waals surface area contributed by atoms with Gasteiger partial charge in [0.15, 0.2) is 22.6 Å². The number of methoxy groups -OCH3 is 1. The molecule has 0 saturated carbocycles. The van der Waals surface area contributed by atoms with Crippen LogP contribution < -0.4 is 4.74 Å². The topological polar surface area (TPSA) is 59.4 Å². The van der Waals surface area contributed by atoms with Crippen LogP contribution in [0.15, 0.2) is 17.3 Å². The minimum absolute atomic E-state index is 0.0316. The van der Waals surface area contributed by atoms with Crippen molar-refractivity contribution in [2.45, 2.75) is 4.90 Å². The summed E-state index contributed by atoms with van der Waals surface area (Å²) in [6.07, 6.45) is 2.03. The van der Waals surface area contributed by atoms with E-state index in [1.807, 2.05) is 0 Å². The van der Waals surface area contributed by atoms with E-state index in [2.05, 4.69) is 9.72 Å². The molecule has 4 nitrogen and oxygen atoms in total. The highest BCUT2D eigenvalue weighted by Crippen LogP contribution is 2.22. The molecule has 66 valence electrons. The van der Waals surface area contributed by atoms with Crippen LogP contribution in [0, 0.1) is 5.82 Å². The van der Waals surface area contributed by atoms with Gasteiger partial charge in [-0.25, -0.2) is 8.60 Å². The van der Waals surface area contributed by atoms with Crippen molar-refractivity contribution in [3.63, 3.8) is 0 Å². The van der Waals surface area contributed by atoms with Crippen LogP contribution in [0.1, 0.15) is 0 Å². The van der Waals surface area contributed by atoms with Gasteiger partial charge in [0.05, 0.1) is 19.5 Å². The zero-order valence-electron chi connectivity index (χ0n) is 6.15. The summed E-state index contributed by atoms with van der Waals surface area (Å²) >= 11 is -2.39. The maximum Gasteiger partial charge on any atom is 0.193 e. The van der Waals surface area contributed by atoms with Crippen molar-refractivity contribution in [2.24, 2.45) is 0 Å². The lowest BCUT2D eigenvalue weighted by atomic mass is 10.4. The molecule has 1 aromatic heterocycles. The van der Waals surface area contributed by atoms with Crippen LogP contribution in [-0.4, -0.2) is 20.9 Å². The third-order valence-electron chi connectivity index (χ3n) is 1.21. The molecule has 1 atom stereocenters. The fourth-order valence-corrected chi connectivity index (χ4v) is 1.25. The summed E-state index contributed by atoms with van der Waals surface area (Å²) in [5.41, 5.74) is 0. The molecule has 1 unspecified atom stereocenters. The summed E-state index contributed by atoms with van der Waals surface area (Å²) in [6.45, 7) is 0. The lowest BCUT2D eigenvalue weighted by Gasteiger charge is -2.03. The fourth-order valence-electron chi connectivity index (χ4n) is 0.720. The maximum atomic E-state index is 12.8. The van der Waals surface area contributed by atoms with E-state index in [-0.39, 0.29) is 10.6 Å². The first-order chi connectivity index (χ1) is 5.66. The summed E-state index contributed by atoms with van der Waals surface area (Å²) in [5, 5.41) is 0. The molecule has 1 N–H and O–H groups in total. The van der Waals surface area contributed by atoms with Crippen LogP contribution >= 0.6 is 0 Å². The zero-order chi connectivity index (χ0) is 9.14. The van der Waals surface area contributed by atoms with Gasteiger partial charge in [-0.2, -0.15) is 0 Å². The average Bonchev–Trinajstić information content (AvgIpc) is 2.03. The Balaban J connectivity index is 3.29. The molecule has 0 aliphatic heterocycles. The Hall–Kier alpha value is -1.01. The van der Waals surface area contributed by atoms with Gasteiger partial charge in [-0.15, -0.1) is 0 Å². The Morgan fingerprint density at radius 2 is 2.33 bits per heavy atom. The van der Waals surface area contributed by atoms with Gasteiger partial charge >= 0.3 is 0 Å². The highest BCUT2D eigenvalue weighted by Gasteiger charge is 2.14. The second-order valence-corrected chi connectivity index (χ2v) is 2.81. The smallest absolute Gasteiger partial charge is 0.193 e. The van der Waals surface area contributed by atoms with Crippen LogP contribution in [0.25, 0.3) is 0 Å². The maximum absolute atomic E-state index is 12.8. The number of halogens is 1. The van der Waals surface area contributed by atoms with E-state index in [4.69, 9.17) is 4.55 Å². The van der Waals surface area contributed by atoms with Crippen LogP contribution in [0.4, 0.5) is 4.39 Å². The molecule has 0 aliphatic rings. The molecule has 0 fully saturated rings.